The second kappa shape index (κ2) is 4.52. The molecule has 0 aliphatic carbocycles. The predicted molar refractivity (Wildman–Crippen MR) is 79.8 cm³/mol. The van der Waals surface area contributed by atoms with Crippen LogP contribution >= 0.6 is 11.8 Å². The smallest absolute Gasteiger partial charge is 0.161 e. The minimum Gasteiger partial charge on any atom is -0.316 e. The number of aryl methyl sites for hydroxylation is 1. The SMILES string of the molecule is CCc1ccc(N2C(=N)S[C@H]3CS(=O)(=O)C[C@H]32)cc1. The van der Waals surface area contributed by atoms with Crippen molar-refractivity contribution in [2.24, 2.45) is 0 Å². The average Bonchev–Trinajstić information content (AvgIpc) is 2.79. The highest BCUT2D eigenvalue weighted by atomic mass is 32.2. The number of thioether (sulfide) groups is 1. The van der Waals surface area contributed by atoms with Gasteiger partial charge in [0, 0.05) is 10.9 Å². The molecule has 102 valence electrons. The van der Waals surface area contributed by atoms with Crippen molar-refractivity contribution in [3.63, 3.8) is 0 Å². The molecular weight excluding hydrogens is 280 g/mol. The van der Waals surface area contributed by atoms with Crippen molar-refractivity contribution in [1.29, 1.82) is 5.41 Å². The third-order valence-corrected chi connectivity index (χ3v) is 6.84. The molecule has 0 spiro atoms. The van der Waals surface area contributed by atoms with E-state index in [1.165, 1.54) is 17.3 Å². The summed E-state index contributed by atoms with van der Waals surface area (Å²) < 4.78 is 23.4. The van der Waals surface area contributed by atoms with Crippen LogP contribution in [-0.4, -0.2) is 36.4 Å². The summed E-state index contributed by atoms with van der Waals surface area (Å²) in [5.41, 5.74) is 2.18. The van der Waals surface area contributed by atoms with E-state index >= 15 is 0 Å². The number of benzene rings is 1. The van der Waals surface area contributed by atoms with E-state index in [-0.39, 0.29) is 22.8 Å². The zero-order valence-corrected chi connectivity index (χ0v) is 12.3. The minimum atomic E-state index is -2.94. The van der Waals surface area contributed by atoms with Gasteiger partial charge >= 0.3 is 0 Å². The Morgan fingerprint density at radius 3 is 2.63 bits per heavy atom. The number of fused-ring (bicyclic) bond motifs is 1. The molecule has 2 atom stereocenters. The third-order valence-electron chi connectivity index (χ3n) is 3.71. The van der Waals surface area contributed by atoms with Crippen molar-refractivity contribution in [3.05, 3.63) is 29.8 Å². The highest BCUT2D eigenvalue weighted by Crippen LogP contribution is 2.40. The highest BCUT2D eigenvalue weighted by molar-refractivity contribution is 8.15. The molecule has 1 aromatic rings. The summed E-state index contributed by atoms with van der Waals surface area (Å²) in [6, 6.07) is 7.99. The van der Waals surface area contributed by atoms with Crippen LogP contribution in [-0.2, 0) is 16.3 Å². The maximum absolute atomic E-state index is 11.7. The van der Waals surface area contributed by atoms with Crippen LogP contribution in [0.3, 0.4) is 0 Å². The van der Waals surface area contributed by atoms with E-state index < -0.39 is 9.84 Å². The van der Waals surface area contributed by atoms with Gasteiger partial charge in [-0.2, -0.15) is 0 Å². The lowest BCUT2D eigenvalue weighted by atomic mass is 10.1. The molecule has 0 radical (unpaired) electrons. The Morgan fingerprint density at radius 1 is 1.32 bits per heavy atom. The topological polar surface area (TPSA) is 61.2 Å². The van der Waals surface area contributed by atoms with E-state index in [0.29, 0.717) is 5.17 Å². The van der Waals surface area contributed by atoms with E-state index in [0.717, 1.165) is 12.1 Å². The Morgan fingerprint density at radius 2 is 2.00 bits per heavy atom. The van der Waals surface area contributed by atoms with Crippen molar-refractivity contribution in [3.8, 4) is 0 Å². The second-order valence-corrected chi connectivity index (χ2v) is 8.38. The Kier molecular flexibility index (Phi) is 3.09. The lowest BCUT2D eigenvalue weighted by molar-refractivity contribution is 0.601. The largest absolute Gasteiger partial charge is 0.316 e. The lowest BCUT2D eigenvalue weighted by Crippen LogP contribution is -2.37. The molecule has 0 aromatic heterocycles. The van der Waals surface area contributed by atoms with Gasteiger partial charge in [0.15, 0.2) is 15.0 Å². The van der Waals surface area contributed by atoms with Gasteiger partial charge in [0.25, 0.3) is 0 Å². The molecule has 1 N–H and O–H groups in total. The first-order valence-electron chi connectivity index (χ1n) is 6.34. The van der Waals surface area contributed by atoms with Gasteiger partial charge in [-0.1, -0.05) is 30.8 Å². The summed E-state index contributed by atoms with van der Waals surface area (Å²) in [5.74, 6) is 0.372. The first-order chi connectivity index (χ1) is 9.00. The molecule has 2 aliphatic rings. The molecule has 2 fully saturated rings. The zero-order chi connectivity index (χ0) is 13.6. The Labute approximate surface area is 117 Å². The Hall–Kier alpha value is -1.01. The molecule has 0 unspecified atom stereocenters. The summed E-state index contributed by atoms with van der Waals surface area (Å²) in [4.78, 5) is 1.87. The van der Waals surface area contributed by atoms with Gasteiger partial charge in [-0.3, -0.25) is 5.41 Å². The first kappa shape index (κ1) is 13.0. The quantitative estimate of drug-likeness (QED) is 0.905. The summed E-state index contributed by atoms with van der Waals surface area (Å²) >= 11 is 1.38. The van der Waals surface area contributed by atoms with Crippen molar-refractivity contribution in [2.75, 3.05) is 16.4 Å². The number of nitrogens with one attached hydrogen (secondary N) is 1. The van der Waals surface area contributed by atoms with Crippen LogP contribution in [0.1, 0.15) is 12.5 Å². The molecule has 0 bridgehead atoms. The standard InChI is InChI=1S/C13H16N2O2S2/c1-2-9-3-5-10(6-4-9)15-11-7-19(16,17)8-12(11)18-13(15)14/h3-6,11-12,14H,2,7-8H2,1H3/t11-,12+/m1/s1. The molecule has 6 heteroatoms. The number of hydrogen-bond acceptors (Lipinski definition) is 4. The Bertz CT molecular complexity index is 610. The van der Waals surface area contributed by atoms with Crippen molar-refractivity contribution < 1.29 is 8.42 Å². The van der Waals surface area contributed by atoms with Gasteiger partial charge < -0.3 is 4.90 Å². The molecule has 1 aromatic carbocycles. The van der Waals surface area contributed by atoms with Crippen molar-refractivity contribution in [1.82, 2.24) is 0 Å². The normalized spacial score (nSPS) is 28.7. The van der Waals surface area contributed by atoms with Crippen LogP contribution in [0.5, 0.6) is 0 Å². The first-order valence-corrected chi connectivity index (χ1v) is 9.04. The van der Waals surface area contributed by atoms with Gasteiger partial charge in [-0.25, -0.2) is 8.42 Å². The molecule has 0 amide bonds. The summed E-state index contributed by atoms with van der Waals surface area (Å²) in [6.45, 7) is 2.10. The predicted octanol–water partition coefficient (Wildman–Crippen LogP) is 1.90. The van der Waals surface area contributed by atoms with Crippen molar-refractivity contribution in [2.45, 2.75) is 24.6 Å². The van der Waals surface area contributed by atoms with Crippen molar-refractivity contribution >= 4 is 32.5 Å². The van der Waals surface area contributed by atoms with E-state index in [1.807, 2.05) is 29.2 Å². The fourth-order valence-corrected chi connectivity index (χ4v) is 6.49. The monoisotopic (exact) mass is 296 g/mol. The van der Waals surface area contributed by atoms with Crippen LogP contribution in [0.25, 0.3) is 0 Å². The van der Waals surface area contributed by atoms with Crippen LogP contribution in [0.15, 0.2) is 24.3 Å². The summed E-state index contributed by atoms with van der Waals surface area (Å²) in [7, 11) is -2.94. The number of nitrogens with zero attached hydrogens (tertiary/aromatic N) is 1. The van der Waals surface area contributed by atoms with Gasteiger partial charge in [0.1, 0.15) is 0 Å². The van der Waals surface area contributed by atoms with E-state index in [1.54, 1.807) is 0 Å². The van der Waals surface area contributed by atoms with Gasteiger partial charge in [0.2, 0.25) is 0 Å². The van der Waals surface area contributed by atoms with Gasteiger partial charge in [-0.15, -0.1) is 0 Å². The molecule has 0 saturated carbocycles. The molecule has 2 saturated heterocycles. The Balaban J connectivity index is 1.92. The third kappa shape index (κ3) is 2.27. The lowest BCUT2D eigenvalue weighted by Gasteiger charge is -2.24. The number of rotatable bonds is 2. The number of sulfone groups is 1. The van der Waals surface area contributed by atoms with Gasteiger partial charge in [-0.05, 0) is 24.1 Å². The molecule has 19 heavy (non-hydrogen) atoms. The number of hydrogen-bond donors (Lipinski definition) is 1. The summed E-state index contributed by atoms with van der Waals surface area (Å²) in [6.07, 6.45) is 0.979. The van der Waals surface area contributed by atoms with Crippen LogP contribution in [0, 0.1) is 5.41 Å². The van der Waals surface area contributed by atoms with Crippen LogP contribution in [0.4, 0.5) is 5.69 Å². The van der Waals surface area contributed by atoms with E-state index in [4.69, 9.17) is 5.41 Å². The zero-order valence-electron chi connectivity index (χ0n) is 10.7. The molecule has 2 aliphatic heterocycles. The molecular formula is C13H16N2O2S2. The van der Waals surface area contributed by atoms with Crippen LogP contribution in [0.2, 0.25) is 0 Å². The van der Waals surface area contributed by atoms with Crippen LogP contribution < -0.4 is 4.90 Å². The minimum absolute atomic E-state index is 0.0170. The molecule has 2 heterocycles. The average molecular weight is 296 g/mol. The summed E-state index contributed by atoms with van der Waals surface area (Å²) in [5, 5.41) is 8.55. The molecule has 4 nitrogen and oxygen atoms in total. The highest BCUT2D eigenvalue weighted by Gasteiger charge is 2.48. The molecule has 3 rings (SSSR count). The number of anilines is 1. The maximum atomic E-state index is 11.7. The van der Waals surface area contributed by atoms with E-state index in [9.17, 15) is 8.42 Å². The number of amidine groups is 1. The fraction of sp³-hybridized carbons (Fsp3) is 0.462. The van der Waals surface area contributed by atoms with E-state index in [2.05, 4.69) is 6.92 Å². The fourth-order valence-electron chi connectivity index (χ4n) is 2.70. The second-order valence-electron chi connectivity index (χ2n) is 5.00. The van der Waals surface area contributed by atoms with Gasteiger partial charge in [0.05, 0.1) is 17.5 Å². The maximum Gasteiger partial charge on any atom is 0.161 e.